The van der Waals surface area contributed by atoms with E-state index in [1.807, 2.05) is 4.68 Å². The Labute approximate surface area is 100.0 Å². The highest BCUT2D eigenvalue weighted by Crippen LogP contribution is 2.34. The van der Waals surface area contributed by atoms with Crippen LogP contribution in [0.3, 0.4) is 0 Å². The van der Waals surface area contributed by atoms with Crippen LogP contribution in [0.15, 0.2) is 5.16 Å². The minimum Gasteiger partial charge on any atom is -0.319 e. The average molecular weight is 238 g/mol. The quantitative estimate of drug-likeness (QED) is 0.811. The maximum Gasteiger partial charge on any atom is 0.186 e. The van der Waals surface area contributed by atoms with Gasteiger partial charge in [0.1, 0.15) is 0 Å². The van der Waals surface area contributed by atoms with Gasteiger partial charge in [-0.05, 0) is 19.3 Å². The van der Waals surface area contributed by atoms with E-state index < -0.39 is 0 Å². The van der Waals surface area contributed by atoms with Crippen LogP contribution in [0.4, 0.5) is 0 Å². The number of rotatable bonds is 1. The molecular formula is C11H18N4S. The Morgan fingerprint density at radius 3 is 2.75 bits per heavy atom. The summed E-state index contributed by atoms with van der Waals surface area (Å²) in [5, 5.41) is 5.67. The predicted molar refractivity (Wildman–Crippen MR) is 64.3 cm³/mol. The van der Waals surface area contributed by atoms with Gasteiger partial charge in [0.05, 0.1) is 5.54 Å². The second kappa shape index (κ2) is 4.04. The lowest BCUT2D eigenvalue weighted by Gasteiger charge is -2.30. The zero-order valence-corrected chi connectivity index (χ0v) is 10.3. The van der Waals surface area contributed by atoms with Gasteiger partial charge < -0.3 is 5.73 Å². The van der Waals surface area contributed by atoms with Crippen molar-refractivity contribution in [3.8, 4) is 0 Å². The van der Waals surface area contributed by atoms with Crippen molar-refractivity contribution < 1.29 is 0 Å². The smallest absolute Gasteiger partial charge is 0.186 e. The molecule has 5 heteroatoms. The van der Waals surface area contributed by atoms with E-state index in [0.717, 1.165) is 36.1 Å². The van der Waals surface area contributed by atoms with Gasteiger partial charge in [-0.15, -0.1) is 0 Å². The summed E-state index contributed by atoms with van der Waals surface area (Å²) >= 11 is 1.81. The number of thioether (sulfide) groups is 1. The minimum absolute atomic E-state index is 0.247. The molecule has 1 aliphatic carbocycles. The van der Waals surface area contributed by atoms with Crippen LogP contribution < -0.4 is 5.73 Å². The van der Waals surface area contributed by atoms with Crippen molar-refractivity contribution in [3.63, 3.8) is 0 Å². The van der Waals surface area contributed by atoms with E-state index >= 15 is 0 Å². The van der Waals surface area contributed by atoms with Crippen LogP contribution in [0.2, 0.25) is 0 Å². The first-order valence-corrected chi connectivity index (χ1v) is 7.13. The highest BCUT2D eigenvalue weighted by molar-refractivity contribution is 7.99. The molecule has 0 spiro atoms. The first-order chi connectivity index (χ1) is 7.78. The number of aromatic nitrogens is 3. The summed E-state index contributed by atoms with van der Waals surface area (Å²) in [4.78, 5) is 4.64. The third-order valence-electron chi connectivity index (χ3n) is 3.57. The summed E-state index contributed by atoms with van der Waals surface area (Å²) in [6.07, 6.45) is 7.02. The molecule has 1 fully saturated rings. The molecule has 0 radical (unpaired) electrons. The molecule has 4 nitrogen and oxygen atoms in total. The lowest BCUT2D eigenvalue weighted by molar-refractivity contribution is 0.285. The minimum atomic E-state index is -0.247. The van der Waals surface area contributed by atoms with Crippen molar-refractivity contribution in [2.24, 2.45) is 5.73 Å². The number of fused-ring (bicyclic) bond motifs is 1. The fourth-order valence-electron chi connectivity index (χ4n) is 2.58. The van der Waals surface area contributed by atoms with E-state index in [2.05, 4.69) is 10.1 Å². The molecule has 1 aromatic rings. The molecular weight excluding hydrogens is 220 g/mol. The molecule has 16 heavy (non-hydrogen) atoms. The maximum absolute atomic E-state index is 6.44. The molecule has 2 N–H and O–H groups in total. The van der Waals surface area contributed by atoms with Crippen LogP contribution in [-0.2, 0) is 12.1 Å². The number of aryl methyl sites for hydroxylation is 1. The Hall–Kier alpha value is -0.550. The van der Waals surface area contributed by atoms with Gasteiger partial charge >= 0.3 is 0 Å². The third-order valence-corrected chi connectivity index (χ3v) is 4.63. The first-order valence-electron chi connectivity index (χ1n) is 6.15. The van der Waals surface area contributed by atoms with Gasteiger partial charge in [0.2, 0.25) is 0 Å². The molecule has 88 valence electrons. The van der Waals surface area contributed by atoms with Gasteiger partial charge in [-0.3, -0.25) is 0 Å². The SMILES string of the molecule is NC1(c2nc3n(n2)CCCS3)CCCCC1. The van der Waals surface area contributed by atoms with Crippen LogP contribution in [0.5, 0.6) is 0 Å². The van der Waals surface area contributed by atoms with Gasteiger partial charge in [-0.1, -0.05) is 31.0 Å². The van der Waals surface area contributed by atoms with Crippen LogP contribution >= 0.6 is 11.8 Å². The van der Waals surface area contributed by atoms with Crippen molar-refractivity contribution >= 4 is 11.8 Å². The molecule has 0 unspecified atom stereocenters. The Balaban J connectivity index is 1.90. The molecule has 1 saturated carbocycles. The number of nitrogens with two attached hydrogens (primary N) is 1. The van der Waals surface area contributed by atoms with Crippen LogP contribution in [-0.4, -0.2) is 20.5 Å². The third kappa shape index (κ3) is 1.76. The number of hydrogen-bond acceptors (Lipinski definition) is 4. The number of nitrogens with zero attached hydrogens (tertiary/aromatic N) is 3. The largest absolute Gasteiger partial charge is 0.319 e. The van der Waals surface area contributed by atoms with E-state index in [-0.39, 0.29) is 5.54 Å². The highest BCUT2D eigenvalue weighted by Gasteiger charge is 2.34. The fourth-order valence-corrected chi connectivity index (χ4v) is 3.46. The van der Waals surface area contributed by atoms with E-state index in [1.165, 1.54) is 25.7 Å². The van der Waals surface area contributed by atoms with Gasteiger partial charge in [-0.25, -0.2) is 9.67 Å². The van der Waals surface area contributed by atoms with Crippen molar-refractivity contribution in [3.05, 3.63) is 5.82 Å². The Kier molecular flexibility index (Phi) is 2.67. The van der Waals surface area contributed by atoms with E-state index in [9.17, 15) is 0 Å². The first kappa shape index (κ1) is 10.6. The Morgan fingerprint density at radius 1 is 1.19 bits per heavy atom. The van der Waals surface area contributed by atoms with Gasteiger partial charge in [-0.2, -0.15) is 5.10 Å². The van der Waals surface area contributed by atoms with Gasteiger partial charge in [0.25, 0.3) is 0 Å². The molecule has 1 aliphatic heterocycles. The second-order valence-corrected chi connectivity index (χ2v) is 5.92. The summed E-state index contributed by atoms with van der Waals surface area (Å²) in [5.74, 6) is 2.05. The molecule has 2 heterocycles. The standard InChI is InChI=1S/C11H18N4S/c12-11(5-2-1-3-6-11)9-13-10-15(14-9)7-4-8-16-10/h1-8,12H2. The summed E-state index contributed by atoms with van der Waals surface area (Å²) in [6.45, 7) is 1.01. The average Bonchev–Trinajstić information content (AvgIpc) is 2.74. The Bertz CT molecular complexity index is 358. The van der Waals surface area contributed by atoms with Gasteiger partial charge in [0, 0.05) is 12.3 Å². The zero-order valence-electron chi connectivity index (χ0n) is 9.48. The van der Waals surface area contributed by atoms with Crippen molar-refractivity contribution in [2.75, 3.05) is 5.75 Å². The lowest BCUT2D eigenvalue weighted by Crippen LogP contribution is -2.39. The van der Waals surface area contributed by atoms with Gasteiger partial charge in [0.15, 0.2) is 11.0 Å². The molecule has 3 rings (SSSR count). The molecule has 0 atom stereocenters. The van der Waals surface area contributed by atoms with Crippen molar-refractivity contribution in [1.82, 2.24) is 14.8 Å². The predicted octanol–water partition coefficient (Wildman–Crippen LogP) is 1.89. The second-order valence-electron chi connectivity index (χ2n) is 4.86. The maximum atomic E-state index is 6.44. The van der Waals surface area contributed by atoms with Crippen LogP contribution in [0.1, 0.15) is 44.3 Å². The summed E-state index contributed by atoms with van der Waals surface area (Å²) < 4.78 is 2.03. The summed E-state index contributed by atoms with van der Waals surface area (Å²) in [6, 6.07) is 0. The summed E-state index contributed by atoms with van der Waals surface area (Å²) in [5.41, 5.74) is 6.20. The normalized spacial score (nSPS) is 24.1. The topological polar surface area (TPSA) is 56.7 Å². The highest BCUT2D eigenvalue weighted by atomic mass is 32.2. The van der Waals surface area contributed by atoms with E-state index in [4.69, 9.17) is 5.73 Å². The van der Waals surface area contributed by atoms with Crippen LogP contribution in [0, 0.1) is 0 Å². The number of hydrogen-bond donors (Lipinski definition) is 1. The fraction of sp³-hybridized carbons (Fsp3) is 0.818. The zero-order chi connectivity index (χ0) is 11.0. The Morgan fingerprint density at radius 2 is 2.00 bits per heavy atom. The lowest BCUT2D eigenvalue weighted by atomic mass is 9.82. The molecule has 1 aromatic heterocycles. The molecule has 0 aromatic carbocycles. The molecule has 0 amide bonds. The molecule has 0 bridgehead atoms. The van der Waals surface area contributed by atoms with E-state index in [0.29, 0.717) is 0 Å². The molecule has 2 aliphatic rings. The van der Waals surface area contributed by atoms with Crippen molar-refractivity contribution in [1.29, 1.82) is 0 Å². The summed E-state index contributed by atoms with van der Waals surface area (Å²) in [7, 11) is 0. The molecule has 0 saturated heterocycles. The van der Waals surface area contributed by atoms with Crippen LogP contribution in [0.25, 0.3) is 0 Å². The monoisotopic (exact) mass is 238 g/mol. The van der Waals surface area contributed by atoms with E-state index in [1.54, 1.807) is 11.8 Å². The van der Waals surface area contributed by atoms with Crippen molar-refractivity contribution in [2.45, 2.75) is 55.8 Å².